The minimum atomic E-state index is -4.64. The summed E-state index contributed by atoms with van der Waals surface area (Å²) in [6.45, 7) is 0. The maximum atomic E-state index is 8.88. The van der Waals surface area contributed by atoms with Gasteiger partial charge in [0, 0.05) is 0 Å². The van der Waals surface area contributed by atoms with E-state index in [0.29, 0.717) is 20.8 Å². The molecular weight excluding hydrogens is 301 g/mol. The fourth-order valence-electron chi connectivity index (χ4n) is 0.637. The van der Waals surface area contributed by atoms with E-state index in [1.54, 1.807) is 12.1 Å². The summed E-state index contributed by atoms with van der Waals surface area (Å²) in [6.07, 6.45) is 0. The third-order valence-corrected chi connectivity index (χ3v) is 2.48. The Morgan fingerprint density at radius 2 is 1.56 bits per heavy atom. The molecule has 0 bridgehead atoms. The van der Waals surface area contributed by atoms with E-state index >= 15 is 0 Å². The maximum Gasteiger partial charge on any atom is 0.466 e. The molecular formula is C6H8Cl3N2O4P. The molecule has 0 spiro atoms. The number of hydrogen-bond donors (Lipinski definition) is 5. The van der Waals surface area contributed by atoms with Crippen molar-refractivity contribution in [1.29, 1.82) is 0 Å². The molecule has 0 fully saturated rings. The van der Waals surface area contributed by atoms with Gasteiger partial charge < -0.3 is 20.1 Å². The molecule has 1 rings (SSSR count). The molecule has 0 saturated carbocycles. The van der Waals surface area contributed by atoms with E-state index in [-0.39, 0.29) is 0 Å². The van der Waals surface area contributed by atoms with Crippen molar-refractivity contribution in [2.24, 2.45) is 5.84 Å². The van der Waals surface area contributed by atoms with Crippen molar-refractivity contribution in [2.75, 3.05) is 5.43 Å². The van der Waals surface area contributed by atoms with Gasteiger partial charge in [-0.25, -0.2) is 4.57 Å². The van der Waals surface area contributed by atoms with Crippen LogP contribution in [0.1, 0.15) is 0 Å². The predicted molar refractivity (Wildman–Crippen MR) is 63.5 cm³/mol. The first-order valence-corrected chi connectivity index (χ1v) is 6.25. The average Bonchev–Trinajstić information content (AvgIpc) is 2.12. The number of phosphoric acid groups is 1. The van der Waals surface area contributed by atoms with Crippen LogP contribution >= 0.6 is 42.6 Å². The van der Waals surface area contributed by atoms with Crippen LogP contribution in [0.3, 0.4) is 0 Å². The van der Waals surface area contributed by atoms with Gasteiger partial charge in [0.2, 0.25) is 0 Å². The van der Waals surface area contributed by atoms with E-state index in [2.05, 4.69) is 5.43 Å². The molecule has 0 aliphatic rings. The average molecular weight is 309 g/mol. The molecule has 6 N–H and O–H groups in total. The van der Waals surface area contributed by atoms with Crippen LogP contribution in [-0.2, 0) is 4.57 Å². The van der Waals surface area contributed by atoms with Crippen LogP contribution in [0.15, 0.2) is 12.1 Å². The van der Waals surface area contributed by atoms with Gasteiger partial charge in [-0.05, 0) is 12.1 Å². The minimum absolute atomic E-state index is 0.309. The zero-order valence-electron chi connectivity index (χ0n) is 7.56. The van der Waals surface area contributed by atoms with Gasteiger partial charge in [-0.3, -0.25) is 5.84 Å². The van der Waals surface area contributed by atoms with Crippen molar-refractivity contribution in [3.05, 3.63) is 27.2 Å². The van der Waals surface area contributed by atoms with Gasteiger partial charge in [-0.15, -0.1) is 0 Å². The van der Waals surface area contributed by atoms with Crippen molar-refractivity contribution in [2.45, 2.75) is 0 Å². The van der Waals surface area contributed by atoms with Crippen LogP contribution in [-0.4, -0.2) is 14.7 Å². The third kappa shape index (κ3) is 6.52. The summed E-state index contributed by atoms with van der Waals surface area (Å²) in [5.41, 5.74) is 2.94. The topological polar surface area (TPSA) is 116 Å². The predicted octanol–water partition coefficient (Wildman–Crippen LogP) is 2.00. The first kappa shape index (κ1) is 16.0. The second-order valence-electron chi connectivity index (χ2n) is 2.38. The normalized spacial score (nSPS) is 10.4. The molecule has 0 unspecified atom stereocenters. The number of nitrogen functional groups attached to an aromatic ring is 1. The lowest BCUT2D eigenvalue weighted by atomic mass is 10.3. The first-order chi connectivity index (χ1) is 7.16. The van der Waals surface area contributed by atoms with Crippen LogP contribution in [0, 0.1) is 0 Å². The van der Waals surface area contributed by atoms with E-state index in [4.69, 9.17) is 59.9 Å². The third-order valence-electron chi connectivity index (χ3n) is 1.19. The first-order valence-electron chi connectivity index (χ1n) is 3.55. The van der Waals surface area contributed by atoms with Gasteiger partial charge in [0.15, 0.2) is 0 Å². The number of nitrogens with two attached hydrogens (primary N) is 1. The number of hydrogen-bond acceptors (Lipinski definition) is 3. The van der Waals surface area contributed by atoms with Crippen LogP contribution in [0.2, 0.25) is 15.1 Å². The van der Waals surface area contributed by atoms with Crippen molar-refractivity contribution < 1.29 is 19.2 Å². The fraction of sp³-hybridized carbons (Fsp3) is 0. The van der Waals surface area contributed by atoms with E-state index in [1.165, 1.54) is 0 Å². The molecule has 0 aromatic heterocycles. The second kappa shape index (κ2) is 6.64. The summed E-state index contributed by atoms with van der Waals surface area (Å²) in [5, 5.41) is 1.06. The summed E-state index contributed by atoms with van der Waals surface area (Å²) in [4.78, 5) is 21.6. The molecule has 0 aliphatic carbocycles. The lowest BCUT2D eigenvalue weighted by molar-refractivity contribution is 0.275. The van der Waals surface area contributed by atoms with Crippen LogP contribution in [0.5, 0.6) is 0 Å². The standard InChI is InChI=1S/C6H5Cl3N2.H3O4P/c7-3-1-2-4(11-10)6(9)5(3)8;1-5(2,3)4/h1-2,11H,10H2;(H3,1,2,3,4). The second-order valence-corrected chi connectivity index (χ2v) is 4.57. The maximum absolute atomic E-state index is 8.88. The summed E-state index contributed by atoms with van der Waals surface area (Å²) < 4.78 is 8.88. The molecule has 0 amide bonds. The Morgan fingerprint density at radius 1 is 1.12 bits per heavy atom. The van der Waals surface area contributed by atoms with E-state index < -0.39 is 7.82 Å². The molecule has 0 aliphatic heterocycles. The Kier molecular flexibility index (Phi) is 6.62. The smallest absolute Gasteiger partial charge is 0.323 e. The highest BCUT2D eigenvalue weighted by atomic mass is 35.5. The van der Waals surface area contributed by atoms with Gasteiger partial charge in [-0.2, -0.15) is 0 Å². The Morgan fingerprint density at radius 3 is 1.94 bits per heavy atom. The Balaban J connectivity index is 0.000000385. The molecule has 0 heterocycles. The molecule has 16 heavy (non-hydrogen) atoms. The minimum Gasteiger partial charge on any atom is -0.323 e. The zero-order valence-corrected chi connectivity index (χ0v) is 10.7. The van der Waals surface area contributed by atoms with Gasteiger partial charge >= 0.3 is 7.82 Å². The number of hydrazine groups is 1. The van der Waals surface area contributed by atoms with E-state index in [9.17, 15) is 0 Å². The van der Waals surface area contributed by atoms with Gasteiger partial charge in [0.05, 0.1) is 20.8 Å². The van der Waals surface area contributed by atoms with Gasteiger partial charge in [0.25, 0.3) is 0 Å². The molecule has 6 nitrogen and oxygen atoms in total. The van der Waals surface area contributed by atoms with Crippen molar-refractivity contribution in [3.8, 4) is 0 Å². The molecule has 1 aromatic carbocycles. The Hall–Kier alpha value is -0.0400. The van der Waals surface area contributed by atoms with Crippen molar-refractivity contribution >= 4 is 48.3 Å². The number of nitrogens with one attached hydrogen (secondary N) is 1. The van der Waals surface area contributed by atoms with Gasteiger partial charge in [-0.1, -0.05) is 34.8 Å². The summed E-state index contributed by atoms with van der Waals surface area (Å²) in [5.74, 6) is 5.13. The lowest BCUT2D eigenvalue weighted by Gasteiger charge is -2.04. The number of benzene rings is 1. The molecule has 92 valence electrons. The molecule has 1 aromatic rings. The highest BCUT2D eigenvalue weighted by Crippen LogP contribution is 2.34. The Labute approximate surface area is 106 Å². The molecule has 10 heteroatoms. The van der Waals surface area contributed by atoms with Crippen molar-refractivity contribution in [3.63, 3.8) is 0 Å². The van der Waals surface area contributed by atoms with Crippen LogP contribution < -0.4 is 11.3 Å². The van der Waals surface area contributed by atoms with E-state index in [1.807, 2.05) is 0 Å². The highest BCUT2D eigenvalue weighted by molar-refractivity contribution is 7.45. The number of anilines is 1. The fourth-order valence-corrected chi connectivity index (χ4v) is 1.23. The van der Waals surface area contributed by atoms with E-state index in [0.717, 1.165) is 0 Å². The number of rotatable bonds is 1. The largest absolute Gasteiger partial charge is 0.466 e. The summed E-state index contributed by atoms with van der Waals surface area (Å²) in [6, 6.07) is 3.27. The highest BCUT2D eigenvalue weighted by Gasteiger charge is 2.06. The zero-order chi connectivity index (χ0) is 12.9. The summed E-state index contributed by atoms with van der Waals surface area (Å²) in [7, 11) is -4.64. The molecule has 0 saturated heterocycles. The Bertz CT molecular complexity index is 403. The van der Waals surface area contributed by atoms with Gasteiger partial charge in [0.1, 0.15) is 0 Å². The monoisotopic (exact) mass is 308 g/mol. The molecule has 0 atom stereocenters. The SMILES string of the molecule is NNc1ccc(Cl)c(Cl)c1Cl.O=P(O)(O)O. The lowest BCUT2D eigenvalue weighted by Crippen LogP contribution is -2.07. The number of halogens is 3. The van der Waals surface area contributed by atoms with Crippen LogP contribution in [0.25, 0.3) is 0 Å². The van der Waals surface area contributed by atoms with Crippen molar-refractivity contribution in [1.82, 2.24) is 0 Å². The quantitative estimate of drug-likeness (QED) is 0.234. The molecule has 0 radical (unpaired) electrons. The summed E-state index contributed by atoms with van der Waals surface area (Å²) >= 11 is 17.1. The van der Waals surface area contributed by atoms with Crippen LogP contribution in [0.4, 0.5) is 5.69 Å².